The van der Waals surface area contributed by atoms with Gasteiger partial charge in [-0.15, -0.1) is 0 Å². The highest BCUT2D eigenvalue weighted by molar-refractivity contribution is 7.89. The Labute approximate surface area is 112 Å². The molecule has 2 N–H and O–H groups in total. The summed E-state index contributed by atoms with van der Waals surface area (Å²) in [6, 6.07) is 3.50. The van der Waals surface area contributed by atoms with Gasteiger partial charge in [0.1, 0.15) is 10.7 Å². The Hall–Kier alpha value is -1.02. The zero-order valence-corrected chi connectivity index (χ0v) is 11.7. The molecule has 5 nitrogen and oxygen atoms in total. The summed E-state index contributed by atoms with van der Waals surface area (Å²) in [5.41, 5.74) is 0.319. The van der Waals surface area contributed by atoms with Crippen molar-refractivity contribution in [1.29, 1.82) is 0 Å². The lowest BCUT2D eigenvalue weighted by atomic mass is 10.2. The molecule has 0 aromatic heterocycles. The summed E-state index contributed by atoms with van der Waals surface area (Å²) in [7, 11) is -3.92. The molecule has 1 aromatic carbocycles. The van der Waals surface area contributed by atoms with Crippen molar-refractivity contribution in [2.75, 3.05) is 13.2 Å². The molecule has 108 valence electrons. The summed E-state index contributed by atoms with van der Waals surface area (Å²) in [6.45, 7) is 3.72. The largest absolute Gasteiger partial charge is 0.392 e. The maximum Gasteiger partial charge on any atom is 0.243 e. The maximum absolute atomic E-state index is 13.6. The van der Waals surface area contributed by atoms with Gasteiger partial charge in [-0.25, -0.2) is 17.5 Å². The van der Waals surface area contributed by atoms with Gasteiger partial charge >= 0.3 is 0 Å². The van der Waals surface area contributed by atoms with Crippen LogP contribution in [-0.4, -0.2) is 32.8 Å². The van der Waals surface area contributed by atoms with Gasteiger partial charge in [-0.3, -0.25) is 0 Å². The van der Waals surface area contributed by atoms with Gasteiger partial charge in [0.15, 0.2) is 0 Å². The average molecular weight is 291 g/mol. The average Bonchev–Trinajstić information content (AvgIpc) is 2.36. The molecule has 1 unspecified atom stereocenters. The van der Waals surface area contributed by atoms with E-state index in [1.165, 1.54) is 6.07 Å². The summed E-state index contributed by atoms with van der Waals surface area (Å²) >= 11 is 0. The highest BCUT2D eigenvalue weighted by atomic mass is 32.2. The Bertz CT molecular complexity index is 518. The van der Waals surface area contributed by atoms with E-state index in [-0.39, 0.29) is 19.3 Å². The molecule has 0 spiro atoms. The molecular weight excluding hydrogens is 273 g/mol. The van der Waals surface area contributed by atoms with Crippen LogP contribution >= 0.6 is 0 Å². The Morgan fingerprint density at radius 1 is 1.47 bits per heavy atom. The number of aliphatic hydroxyl groups is 1. The van der Waals surface area contributed by atoms with Crippen molar-refractivity contribution in [3.8, 4) is 0 Å². The van der Waals surface area contributed by atoms with E-state index < -0.39 is 20.7 Å². The molecule has 7 heteroatoms. The molecule has 0 radical (unpaired) electrons. The molecule has 1 atom stereocenters. The van der Waals surface area contributed by atoms with Gasteiger partial charge in [-0.2, -0.15) is 0 Å². The summed E-state index contributed by atoms with van der Waals surface area (Å²) in [5.74, 6) is -0.886. The van der Waals surface area contributed by atoms with Crippen molar-refractivity contribution >= 4 is 10.0 Å². The van der Waals surface area contributed by atoms with Gasteiger partial charge in [0, 0.05) is 13.2 Å². The lowest BCUT2D eigenvalue weighted by Gasteiger charge is -2.13. The highest BCUT2D eigenvalue weighted by Crippen LogP contribution is 2.16. The van der Waals surface area contributed by atoms with Crippen LogP contribution in [0.15, 0.2) is 23.1 Å². The fourth-order valence-electron chi connectivity index (χ4n) is 1.51. The Morgan fingerprint density at radius 3 is 2.68 bits per heavy atom. The molecule has 1 aromatic rings. The predicted molar refractivity (Wildman–Crippen MR) is 68.6 cm³/mol. The smallest absolute Gasteiger partial charge is 0.243 e. The van der Waals surface area contributed by atoms with Crippen LogP contribution in [0.4, 0.5) is 4.39 Å². The van der Waals surface area contributed by atoms with Crippen LogP contribution < -0.4 is 4.72 Å². The minimum atomic E-state index is -3.92. The molecule has 19 heavy (non-hydrogen) atoms. The third kappa shape index (κ3) is 4.54. The number of rotatable bonds is 7. The Morgan fingerprint density at radius 2 is 2.16 bits per heavy atom. The zero-order valence-electron chi connectivity index (χ0n) is 10.9. The molecule has 0 saturated carbocycles. The highest BCUT2D eigenvalue weighted by Gasteiger charge is 2.19. The van der Waals surface area contributed by atoms with E-state index in [1.807, 2.05) is 0 Å². The van der Waals surface area contributed by atoms with Gasteiger partial charge < -0.3 is 9.84 Å². The van der Waals surface area contributed by atoms with Gasteiger partial charge in [0.2, 0.25) is 10.0 Å². The fraction of sp³-hybridized carbons (Fsp3) is 0.500. The summed E-state index contributed by atoms with van der Waals surface area (Å²) < 4.78 is 44.9. The van der Waals surface area contributed by atoms with Crippen LogP contribution in [0, 0.1) is 5.82 Å². The van der Waals surface area contributed by atoms with Crippen molar-refractivity contribution in [2.24, 2.45) is 0 Å². The van der Waals surface area contributed by atoms with Gasteiger partial charge in [-0.05, 0) is 31.5 Å². The number of nitrogens with one attached hydrogen (secondary N) is 1. The third-order valence-corrected chi connectivity index (χ3v) is 3.94. The first kappa shape index (κ1) is 16.0. The van der Waals surface area contributed by atoms with Gasteiger partial charge in [0.05, 0.1) is 12.7 Å². The molecule has 0 heterocycles. The lowest BCUT2D eigenvalue weighted by Crippen LogP contribution is -2.32. The number of hydrogen-bond acceptors (Lipinski definition) is 4. The predicted octanol–water partition coefficient (Wildman–Crippen LogP) is 1.02. The Kier molecular flexibility index (Phi) is 5.86. The molecule has 0 fully saturated rings. The van der Waals surface area contributed by atoms with Crippen LogP contribution in [0.1, 0.15) is 19.4 Å². The fourth-order valence-corrected chi connectivity index (χ4v) is 2.68. The topological polar surface area (TPSA) is 75.6 Å². The van der Waals surface area contributed by atoms with Crippen molar-refractivity contribution in [3.05, 3.63) is 29.6 Å². The van der Waals surface area contributed by atoms with E-state index in [9.17, 15) is 12.8 Å². The number of hydrogen-bond donors (Lipinski definition) is 2. The number of sulfonamides is 1. The van der Waals surface area contributed by atoms with E-state index in [1.54, 1.807) is 13.8 Å². The van der Waals surface area contributed by atoms with Crippen molar-refractivity contribution in [1.82, 2.24) is 4.72 Å². The molecule has 0 aliphatic carbocycles. The zero-order chi connectivity index (χ0) is 14.5. The first-order valence-electron chi connectivity index (χ1n) is 5.91. The third-order valence-electron chi connectivity index (χ3n) is 2.48. The number of halogens is 1. The molecular formula is C12H18FNO4S. The van der Waals surface area contributed by atoms with Crippen molar-refractivity contribution < 1.29 is 22.7 Å². The Balaban J connectivity index is 2.83. The van der Waals surface area contributed by atoms with E-state index in [4.69, 9.17) is 9.84 Å². The van der Waals surface area contributed by atoms with E-state index in [2.05, 4.69) is 4.72 Å². The van der Waals surface area contributed by atoms with Crippen LogP contribution in [0.5, 0.6) is 0 Å². The van der Waals surface area contributed by atoms with E-state index in [0.29, 0.717) is 12.2 Å². The quantitative estimate of drug-likeness (QED) is 0.786. The molecule has 1 rings (SSSR count). The van der Waals surface area contributed by atoms with Crippen molar-refractivity contribution in [2.45, 2.75) is 31.5 Å². The van der Waals surface area contributed by atoms with E-state index in [0.717, 1.165) is 12.1 Å². The van der Waals surface area contributed by atoms with Crippen molar-refractivity contribution in [3.63, 3.8) is 0 Å². The number of ether oxygens (including phenoxy) is 1. The monoisotopic (exact) mass is 291 g/mol. The number of aliphatic hydroxyl groups excluding tert-OH is 1. The SMILES string of the molecule is CCOC(C)CNS(=O)(=O)c1ccc(CO)cc1F. The summed E-state index contributed by atoms with van der Waals surface area (Å²) in [6.07, 6.45) is -0.292. The van der Waals surface area contributed by atoms with Crippen LogP contribution in [0.3, 0.4) is 0 Å². The molecule has 0 bridgehead atoms. The standard InChI is InChI=1S/C12H18FNO4S/c1-3-18-9(2)7-14-19(16,17)12-5-4-10(8-15)6-11(12)13/h4-6,9,14-15H,3,7-8H2,1-2H3. The van der Waals surface area contributed by atoms with Gasteiger partial charge in [0.25, 0.3) is 0 Å². The normalized spacial score (nSPS) is 13.5. The van der Waals surface area contributed by atoms with Gasteiger partial charge in [-0.1, -0.05) is 6.07 Å². The maximum atomic E-state index is 13.6. The summed E-state index contributed by atoms with van der Waals surface area (Å²) in [5, 5.41) is 8.84. The number of benzene rings is 1. The minimum absolute atomic E-state index is 0.0668. The molecule has 0 aliphatic rings. The second kappa shape index (κ2) is 6.95. The minimum Gasteiger partial charge on any atom is -0.392 e. The van der Waals surface area contributed by atoms with Crippen LogP contribution in [-0.2, 0) is 21.4 Å². The lowest BCUT2D eigenvalue weighted by molar-refractivity contribution is 0.0799. The molecule has 0 aliphatic heterocycles. The molecule has 0 amide bonds. The first-order chi connectivity index (χ1) is 8.90. The second-order valence-electron chi connectivity index (χ2n) is 4.04. The first-order valence-corrected chi connectivity index (χ1v) is 7.39. The van der Waals surface area contributed by atoms with Crippen LogP contribution in [0.2, 0.25) is 0 Å². The second-order valence-corrected chi connectivity index (χ2v) is 5.78. The van der Waals surface area contributed by atoms with Crippen LogP contribution in [0.25, 0.3) is 0 Å². The summed E-state index contributed by atoms with van der Waals surface area (Å²) in [4.78, 5) is -0.437. The molecule has 0 saturated heterocycles. The van der Waals surface area contributed by atoms with E-state index >= 15 is 0 Å².